The maximum Gasteiger partial charge on any atom is 0.223 e. The predicted octanol–water partition coefficient (Wildman–Crippen LogP) is 7.53. The first-order chi connectivity index (χ1) is 16.7. The van der Waals surface area contributed by atoms with Crippen LogP contribution in [0.3, 0.4) is 0 Å². The summed E-state index contributed by atoms with van der Waals surface area (Å²) in [5.74, 6) is 0.783. The molecule has 0 heterocycles. The standard InChI is InChI=1S/C30H52N2O2/c33-29(31(25-15-5-1-6-16-25)26-17-7-2-8-18-26)23-13-14-24-30(34)32(27-19-9-3-10-20-27)28-21-11-4-12-22-28/h25-28H,1-24H2. The third-order valence-electron chi connectivity index (χ3n) is 9.48. The first-order valence-electron chi connectivity index (χ1n) is 15.4. The average Bonchev–Trinajstić information content (AvgIpc) is 2.89. The van der Waals surface area contributed by atoms with Gasteiger partial charge in [-0.15, -0.1) is 0 Å². The molecule has 0 bridgehead atoms. The van der Waals surface area contributed by atoms with Gasteiger partial charge in [0.25, 0.3) is 0 Å². The van der Waals surface area contributed by atoms with E-state index in [4.69, 9.17) is 0 Å². The molecule has 0 aliphatic heterocycles. The summed E-state index contributed by atoms with van der Waals surface area (Å²) in [7, 11) is 0. The van der Waals surface area contributed by atoms with Crippen molar-refractivity contribution in [2.75, 3.05) is 0 Å². The van der Waals surface area contributed by atoms with Crippen LogP contribution in [-0.4, -0.2) is 45.8 Å². The lowest BCUT2D eigenvalue weighted by Crippen LogP contribution is -2.49. The zero-order valence-electron chi connectivity index (χ0n) is 22.0. The van der Waals surface area contributed by atoms with E-state index in [1.807, 2.05) is 0 Å². The maximum absolute atomic E-state index is 13.4. The Morgan fingerprint density at radius 1 is 0.412 bits per heavy atom. The Hall–Kier alpha value is -1.06. The van der Waals surface area contributed by atoms with Crippen LogP contribution in [0.5, 0.6) is 0 Å². The number of carbonyl (C=O) groups is 2. The van der Waals surface area contributed by atoms with Gasteiger partial charge in [-0.1, -0.05) is 77.0 Å². The fraction of sp³-hybridized carbons (Fsp3) is 0.933. The van der Waals surface area contributed by atoms with Gasteiger partial charge in [-0.25, -0.2) is 0 Å². The minimum Gasteiger partial charge on any atom is -0.337 e. The van der Waals surface area contributed by atoms with Crippen molar-refractivity contribution >= 4 is 11.8 Å². The Kier molecular flexibility index (Phi) is 10.6. The number of rotatable bonds is 9. The molecule has 4 rings (SSSR count). The van der Waals surface area contributed by atoms with Crippen molar-refractivity contribution in [1.29, 1.82) is 0 Å². The Labute approximate surface area is 209 Å². The minimum absolute atomic E-state index is 0.391. The highest BCUT2D eigenvalue weighted by Gasteiger charge is 2.33. The van der Waals surface area contributed by atoms with Crippen molar-refractivity contribution in [3.8, 4) is 0 Å². The fourth-order valence-electron chi connectivity index (χ4n) is 7.66. The summed E-state index contributed by atoms with van der Waals surface area (Å²) in [5.41, 5.74) is 0. The van der Waals surface area contributed by atoms with Crippen molar-refractivity contribution in [2.24, 2.45) is 0 Å². The molecule has 4 nitrogen and oxygen atoms in total. The number of nitrogens with zero attached hydrogens (tertiary/aromatic N) is 2. The largest absolute Gasteiger partial charge is 0.337 e. The van der Waals surface area contributed by atoms with Crippen molar-refractivity contribution in [3.63, 3.8) is 0 Å². The maximum atomic E-state index is 13.4. The van der Waals surface area contributed by atoms with Gasteiger partial charge in [0.15, 0.2) is 0 Å². The molecule has 0 N–H and O–H groups in total. The Morgan fingerprint density at radius 2 is 0.647 bits per heavy atom. The first-order valence-corrected chi connectivity index (χ1v) is 15.4. The van der Waals surface area contributed by atoms with E-state index in [1.54, 1.807) is 0 Å². The Balaban J connectivity index is 1.28. The molecule has 0 radical (unpaired) electrons. The van der Waals surface area contributed by atoms with E-state index in [0.29, 0.717) is 48.8 Å². The summed E-state index contributed by atoms with van der Waals surface area (Å²) < 4.78 is 0. The molecule has 0 unspecified atom stereocenters. The summed E-state index contributed by atoms with van der Waals surface area (Å²) in [6.07, 6.45) is 28.3. The molecular weight excluding hydrogens is 420 g/mol. The molecule has 4 heteroatoms. The normalized spacial score (nSPS) is 24.1. The molecular formula is C30H52N2O2. The lowest BCUT2D eigenvalue weighted by Gasteiger charge is -2.42. The van der Waals surface area contributed by atoms with E-state index in [9.17, 15) is 9.59 Å². The summed E-state index contributed by atoms with van der Waals surface area (Å²) in [4.78, 5) is 31.6. The van der Waals surface area contributed by atoms with Crippen molar-refractivity contribution in [3.05, 3.63) is 0 Å². The number of hydrogen-bond donors (Lipinski definition) is 0. The molecule has 4 aliphatic carbocycles. The SMILES string of the molecule is O=C(CCCCC(=O)N(C1CCCCC1)C1CCCCC1)N(C1CCCCC1)C1CCCCC1. The van der Waals surface area contributed by atoms with Crippen molar-refractivity contribution in [1.82, 2.24) is 9.80 Å². The van der Waals surface area contributed by atoms with Gasteiger partial charge in [-0.05, 0) is 64.2 Å². The first kappa shape index (κ1) is 26.0. The van der Waals surface area contributed by atoms with Gasteiger partial charge >= 0.3 is 0 Å². The second-order valence-corrected chi connectivity index (χ2v) is 12.0. The minimum atomic E-state index is 0.391. The third-order valence-corrected chi connectivity index (χ3v) is 9.48. The summed E-state index contributed by atoms with van der Waals surface area (Å²) in [6.45, 7) is 0. The molecule has 0 aromatic rings. The number of carbonyl (C=O) groups excluding carboxylic acids is 2. The zero-order chi connectivity index (χ0) is 23.6. The molecule has 194 valence electrons. The highest BCUT2D eigenvalue weighted by atomic mass is 16.2. The smallest absolute Gasteiger partial charge is 0.223 e. The summed E-state index contributed by atoms with van der Waals surface area (Å²) in [5, 5.41) is 0. The Bertz CT molecular complexity index is 521. The molecule has 0 saturated heterocycles. The second kappa shape index (κ2) is 13.9. The quantitative estimate of drug-likeness (QED) is 0.325. The molecule has 2 amide bonds. The topological polar surface area (TPSA) is 40.6 Å². The van der Waals surface area contributed by atoms with Gasteiger partial charge in [0.2, 0.25) is 11.8 Å². The van der Waals surface area contributed by atoms with Crippen LogP contribution >= 0.6 is 0 Å². The third kappa shape index (κ3) is 7.23. The van der Waals surface area contributed by atoms with Crippen LogP contribution in [0.15, 0.2) is 0 Å². The van der Waals surface area contributed by atoms with Crippen molar-refractivity contribution in [2.45, 2.75) is 178 Å². The van der Waals surface area contributed by atoms with Gasteiger partial charge < -0.3 is 9.80 Å². The lowest BCUT2D eigenvalue weighted by molar-refractivity contribution is -0.140. The second-order valence-electron chi connectivity index (χ2n) is 12.0. The highest BCUT2D eigenvalue weighted by Crippen LogP contribution is 2.33. The molecule has 0 aromatic carbocycles. The van der Waals surface area contributed by atoms with Gasteiger partial charge in [0.1, 0.15) is 0 Å². The van der Waals surface area contributed by atoms with Crippen LogP contribution in [0.25, 0.3) is 0 Å². The fourth-order valence-corrected chi connectivity index (χ4v) is 7.66. The molecule has 4 aliphatic rings. The van der Waals surface area contributed by atoms with Gasteiger partial charge in [-0.3, -0.25) is 9.59 Å². The molecule has 34 heavy (non-hydrogen) atoms. The van der Waals surface area contributed by atoms with Crippen LogP contribution in [-0.2, 0) is 9.59 Å². The molecule has 4 saturated carbocycles. The van der Waals surface area contributed by atoms with Crippen LogP contribution in [0, 0.1) is 0 Å². The predicted molar refractivity (Wildman–Crippen MR) is 140 cm³/mol. The lowest BCUT2D eigenvalue weighted by atomic mass is 9.88. The Morgan fingerprint density at radius 3 is 0.882 bits per heavy atom. The van der Waals surface area contributed by atoms with Crippen LogP contribution < -0.4 is 0 Å². The molecule has 4 fully saturated rings. The average molecular weight is 473 g/mol. The van der Waals surface area contributed by atoms with Crippen LogP contribution in [0.2, 0.25) is 0 Å². The molecule has 0 aromatic heterocycles. The van der Waals surface area contributed by atoms with E-state index >= 15 is 0 Å². The van der Waals surface area contributed by atoms with Crippen LogP contribution in [0.1, 0.15) is 154 Å². The van der Waals surface area contributed by atoms with E-state index in [1.165, 1.54) is 128 Å². The monoisotopic (exact) mass is 472 g/mol. The molecule has 0 spiro atoms. The van der Waals surface area contributed by atoms with Gasteiger partial charge in [0.05, 0.1) is 0 Å². The van der Waals surface area contributed by atoms with E-state index in [0.717, 1.165) is 12.8 Å². The van der Waals surface area contributed by atoms with Crippen molar-refractivity contribution < 1.29 is 9.59 Å². The number of hydrogen-bond acceptors (Lipinski definition) is 2. The van der Waals surface area contributed by atoms with Crippen LogP contribution in [0.4, 0.5) is 0 Å². The number of unbranched alkanes of at least 4 members (excludes halogenated alkanes) is 1. The number of amides is 2. The van der Waals surface area contributed by atoms with Gasteiger partial charge in [0, 0.05) is 37.0 Å². The summed E-state index contributed by atoms with van der Waals surface area (Å²) in [6, 6.07) is 1.94. The summed E-state index contributed by atoms with van der Waals surface area (Å²) >= 11 is 0. The molecule has 0 atom stereocenters. The van der Waals surface area contributed by atoms with E-state index in [-0.39, 0.29) is 0 Å². The zero-order valence-corrected chi connectivity index (χ0v) is 22.0. The van der Waals surface area contributed by atoms with Gasteiger partial charge in [-0.2, -0.15) is 0 Å². The van der Waals surface area contributed by atoms with E-state index < -0.39 is 0 Å². The highest BCUT2D eigenvalue weighted by molar-refractivity contribution is 5.78. The van der Waals surface area contributed by atoms with E-state index in [2.05, 4.69) is 9.80 Å².